The van der Waals surface area contributed by atoms with Crippen molar-refractivity contribution in [3.8, 4) is 0 Å². The average Bonchev–Trinajstić information content (AvgIpc) is 2.75. The minimum Gasteiger partial charge on any atom is -0.311 e. The highest BCUT2D eigenvalue weighted by Crippen LogP contribution is 2.03. The second kappa shape index (κ2) is 7.34. The lowest BCUT2D eigenvalue weighted by Crippen LogP contribution is -2.41. The molecule has 0 spiro atoms. The van der Waals surface area contributed by atoms with E-state index in [4.69, 9.17) is 0 Å². The number of hydrogen-bond acceptors (Lipinski definition) is 3. The van der Waals surface area contributed by atoms with Gasteiger partial charge in [-0.05, 0) is 27.7 Å². The van der Waals surface area contributed by atoms with E-state index in [1.54, 1.807) is 10.9 Å². The van der Waals surface area contributed by atoms with Gasteiger partial charge in [-0.25, -0.2) is 4.68 Å². The Morgan fingerprint density at radius 3 is 2.56 bits per heavy atom. The van der Waals surface area contributed by atoms with Crippen molar-refractivity contribution >= 4 is 6.20 Å². The Morgan fingerprint density at radius 1 is 1.39 bits per heavy atom. The zero-order chi connectivity index (χ0) is 13.5. The van der Waals surface area contributed by atoms with Gasteiger partial charge in [0.15, 0.2) is 0 Å². The Labute approximate surface area is 111 Å². The minimum atomic E-state index is 0.593. The number of nitrogens with zero attached hydrogens (tertiary/aromatic N) is 3. The SMILES string of the molecule is C=Cn1cc(CNCCN(C(C)C)C(C)C)cn1. The summed E-state index contributed by atoms with van der Waals surface area (Å²) in [5, 5.41) is 7.60. The lowest BCUT2D eigenvalue weighted by molar-refractivity contribution is 0.176. The molecule has 0 unspecified atom stereocenters. The minimum absolute atomic E-state index is 0.593. The number of hydrogen-bond donors (Lipinski definition) is 1. The molecular formula is C14H26N4. The van der Waals surface area contributed by atoms with E-state index in [2.05, 4.69) is 49.6 Å². The quantitative estimate of drug-likeness (QED) is 0.718. The largest absolute Gasteiger partial charge is 0.311 e. The predicted molar refractivity (Wildman–Crippen MR) is 77.3 cm³/mol. The summed E-state index contributed by atoms with van der Waals surface area (Å²) < 4.78 is 1.73. The molecule has 0 aromatic carbocycles. The van der Waals surface area contributed by atoms with Gasteiger partial charge in [0.25, 0.3) is 0 Å². The summed E-state index contributed by atoms with van der Waals surface area (Å²) in [4.78, 5) is 2.49. The van der Waals surface area contributed by atoms with Crippen molar-refractivity contribution in [1.29, 1.82) is 0 Å². The molecule has 0 radical (unpaired) electrons. The van der Waals surface area contributed by atoms with E-state index < -0.39 is 0 Å². The van der Waals surface area contributed by atoms with Gasteiger partial charge in [0.1, 0.15) is 0 Å². The molecule has 4 nitrogen and oxygen atoms in total. The van der Waals surface area contributed by atoms with Crippen LogP contribution in [0.3, 0.4) is 0 Å². The van der Waals surface area contributed by atoms with Crippen LogP contribution in [0.15, 0.2) is 19.0 Å². The first-order valence-electron chi connectivity index (χ1n) is 6.66. The van der Waals surface area contributed by atoms with Crippen molar-refractivity contribution < 1.29 is 0 Å². The molecule has 0 saturated carbocycles. The lowest BCUT2D eigenvalue weighted by Gasteiger charge is -2.30. The van der Waals surface area contributed by atoms with Crippen LogP contribution >= 0.6 is 0 Å². The van der Waals surface area contributed by atoms with Crippen LogP contribution in [0.25, 0.3) is 6.20 Å². The van der Waals surface area contributed by atoms with Gasteiger partial charge in [0.05, 0.1) is 6.20 Å². The Hall–Kier alpha value is -1.13. The van der Waals surface area contributed by atoms with Gasteiger partial charge in [-0.3, -0.25) is 4.90 Å². The molecular weight excluding hydrogens is 224 g/mol. The van der Waals surface area contributed by atoms with Gasteiger partial charge < -0.3 is 5.32 Å². The summed E-state index contributed by atoms with van der Waals surface area (Å²) in [5.41, 5.74) is 1.19. The fourth-order valence-corrected chi connectivity index (χ4v) is 2.12. The summed E-state index contributed by atoms with van der Waals surface area (Å²) >= 11 is 0. The molecule has 18 heavy (non-hydrogen) atoms. The van der Waals surface area contributed by atoms with Crippen LogP contribution in [0.1, 0.15) is 33.3 Å². The molecule has 102 valence electrons. The molecule has 1 rings (SSSR count). The maximum atomic E-state index is 4.15. The Kier molecular flexibility index (Phi) is 6.09. The van der Waals surface area contributed by atoms with Crippen molar-refractivity contribution in [2.75, 3.05) is 13.1 Å². The molecule has 0 fully saturated rings. The Morgan fingerprint density at radius 2 is 2.06 bits per heavy atom. The van der Waals surface area contributed by atoms with Gasteiger partial charge in [0.2, 0.25) is 0 Å². The van der Waals surface area contributed by atoms with Crippen LogP contribution in [0.5, 0.6) is 0 Å². The third-order valence-corrected chi connectivity index (χ3v) is 3.04. The van der Waals surface area contributed by atoms with Crippen molar-refractivity contribution in [3.05, 3.63) is 24.5 Å². The molecule has 0 saturated heterocycles. The summed E-state index contributed by atoms with van der Waals surface area (Å²) in [6, 6.07) is 1.19. The number of aromatic nitrogens is 2. The molecule has 0 bridgehead atoms. The van der Waals surface area contributed by atoms with Crippen LogP contribution in [0.4, 0.5) is 0 Å². The second-order valence-corrected chi connectivity index (χ2v) is 5.11. The molecule has 0 amide bonds. The van der Waals surface area contributed by atoms with Crippen molar-refractivity contribution in [1.82, 2.24) is 20.0 Å². The molecule has 0 aliphatic rings. The van der Waals surface area contributed by atoms with Crippen LogP contribution in [-0.4, -0.2) is 39.9 Å². The first-order chi connectivity index (χ1) is 8.54. The maximum Gasteiger partial charge on any atom is 0.0538 e. The number of rotatable bonds is 8. The van der Waals surface area contributed by atoms with Gasteiger partial charge in [-0.1, -0.05) is 6.58 Å². The van der Waals surface area contributed by atoms with Gasteiger partial charge in [0, 0.05) is 49.7 Å². The molecule has 0 aliphatic carbocycles. The van der Waals surface area contributed by atoms with Gasteiger partial charge in [-0.2, -0.15) is 5.10 Å². The third kappa shape index (κ3) is 4.63. The molecule has 1 N–H and O–H groups in total. The highest BCUT2D eigenvalue weighted by atomic mass is 15.2. The van der Waals surface area contributed by atoms with E-state index in [0.29, 0.717) is 12.1 Å². The van der Waals surface area contributed by atoms with Crippen molar-refractivity contribution in [2.24, 2.45) is 0 Å². The summed E-state index contributed by atoms with van der Waals surface area (Å²) in [7, 11) is 0. The van der Waals surface area contributed by atoms with Crippen molar-refractivity contribution in [2.45, 2.75) is 46.3 Å². The Bertz CT molecular complexity index is 346. The predicted octanol–water partition coefficient (Wildman–Crippen LogP) is 2.19. The molecule has 4 heteroatoms. The monoisotopic (exact) mass is 250 g/mol. The Balaban J connectivity index is 2.27. The molecule has 1 heterocycles. The van der Waals surface area contributed by atoms with E-state index >= 15 is 0 Å². The van der Waals surface area contributed by atoms with Gasteiger partial charge >= 0.3 is 0 Å². The summed E-state index contributed by atoms with van der Waals surface area (Å²) in [5.74, 6) is 0. The van der Waals surface area contributed by atoms with E-state index in [1.165, 1.54) is 5.56 Å². The maximum absolute atomic E-state index is 4.15. The van der Waals surface area contributed by atoms with E-state index in [1.807, 2.05) is 12.4 Å². The molecule has 1 aromatic heterocycles. The first kappa shape index (κ1) is 14.9. The smallest absolute Gasteiger partial charge is 0.0538 e. The molecule has 1 aromatic rings. The van der Waals surface area contributed by atoms with Crippen LogP contribution in [0, 0.1) is 0 Å². The molecule has 0 atom stereocenters. The van der Waals surface area contributed by atoms with Crippen molar-refractivity contribution in [3.63, 3.8) is 0 Å². The van der Waals surface area contributed by atoms with Crippen LogP contribution in [0.2, 0.25) is 0 Å². The second-order valence-electron chi connectivity index (χ2n) is 5.11. The lowest BCUT2D eigenvalue weighted by atomic mass is 10.2. The summed E-state index contributed by atoms with van der Waals surface area (Å²) in [6.07, 6.45) is 5.56. The fourth-order valence-electron chi connectivity index (χ4n) is 2.12. The standard InChI is InChI=1S/C14H26N4/c1-6-17-11-14(10-16-17)9-15-7-8-18(12(2)3)13(4)5/h6,10-13,15H,1,7-9H2,2-5H3. The summed E-state index contributed by atoms with van der Waals surface area (Å²) in [6.45, 7) is 15.6. The van der Waals surface area contributed by atoms with Crippen LogP contribution in [-0.2, 0) is 6.54 Å². The normalized spacial score (nSPS) is 11.7. The average molecular weight is 250 g/mol. The zero-order valence-corrected chi connectivity index (χ0v) is 12.1. The van der Waals surface area contributed by atoms with Gasteiger partial charge in [-0.15, -0.1) is 0 Å². The van der Waals surface area contributed by atoms with Crippen LogP contribution < -0.4 is 5.32 Å². The number of nitrogens with one attached hydrogen (secondary N) is 1. The highest BCUT2D eigenvalue weighted by molar-refractivity contribution is 5.17. The highest BCUT2D eigenvalue weighted by Gasteiger charge is 2.11. The van der Waals surface area contributed by atoms with E-state index in [-0.39, 0.29) is 0 Å². The topological polar surface area (TPSA) is 33.1 Å². The van der Waals surface area contributed by atoms with E-state index in [9.17, 15) is 0 Å². The van der Waals surface area contributed by atoms with E-state index in [0.717, 1.165) is 19.6 Å². The third-order valence-electron chi connectivity index (χ3n) is 3.04. The molecule has 0 aliphatic heterocycles. The zero-order valence-electron chi connectivity index (χ0n) is 12.1. The first-order valence-corrected chi connectivity index (χ1v) is 6.66. The fraction of sp³-hybridized carbons (Fsp3) is 0.643.